The summed E-state index contributed by atoms with van der Waals surface area (Å²) in [6.07, 6.45) is 0. The second kappa shape index (κ2) is 3.82. The first kappa shape index (κ1) is 8.67. The molecule has 1 unspecified atom stereocenters. The molecule has 0 saturated heterocycles. The predicted molar refractivity (Wildman–Crippen MR) is 43.3 cm³/mol. The van der Waals surface area contributed by atoms with Gasteiger partial charge in [0, 0.05) is 10.5 Å². The van der Waals surface area contributed by atoms with Gasteiger partial charge in [-0.1, -0.05) is 30.3 Å². The highest BCUT2D eigenvalue weighted by Gasteiger charge is 2.20. The van der Waals surface area contributed by atoms with Gasteiger partial charge >= 0.3 is 0 Å². The lowest BCUT2D eigenvalue weighted by molar-refractivity contribution is -0.532. The van der Waals surface area contributed by atoms with Crippen molar-refractivity contribution in [3.05, 3.63) is 46.0 Å². The van der Waals surface area contributed by atoms with E-state index in [1.54, 1.807) is 30.3 Å². The van der Waals surface area contributed by atoms with Crippen molar-refractivity contribution >= 4 is 0 Å². The molecule has 0 aliphatic carbocycles. The third-order valence-corrected chi connectivity index (χ3v) is 1.61. The van der Waals surface area contributed by atoms with Gasteiger partial charge in [0.2, 0.25) is 0 Å². The molecule has 0 radical (unpaired) electrons. The van der Waals surface area contributed by atoms with Crippen LogP contribution in [0, 0.1) is 10.1 Å². The van der Waals surface area contributed by atoms with Gasteiger partial charge in [-0.25, -0.2) is 0 Å². The van der Waals surface area contributed by atoms with E-state index in [-0.39, 0.29) is 0 Å². The maximum absolute atomic E-state index is 10.4. The number of hydrogen-bond donors (Lipinski definition) is 1. The maximum Gasteiger partial charge on any atom is 0.260 e. The van der Waals surface area contributed by atoms with E-state index in [1.165, 1.54) is 0 Å². The molecule has 1 rings (SSSR count). The Morgan fingerprint density at radius 3 is 2.42 bits per heavy atom. The fourth-order valence-electron chi connectivity index (χ4n) is 0.969. The molecule has 1 N–H and O–H groups in total. The van der Waals surface area contributed by atoms with Gasteiger partial charge in [-0.2, -0.15) is 0 Å². The fourth-order valence-corrected chi connectivity index (χ4v) is 0.969. The number of benzene rings is 1. The molecule has 0 amide bonds. The largest absolute Gasteiger partial charge is 0.389 e. The molecule has 4 nitrogen and oxygen atoms in total. The van der Waals surface area contributed by atoms with Crippen molar-refractivity contribution in [2.24, 2.45) is 0 Å². The highest BCUT2D eigenvalue weighted by Crippen LogP contribution is 2.14. The maximum atomic E-state index is 10.4. The van der Waals surface area contributed by atoms with E-state index in [2.05, 4.69) is 0 Å². The average Bonchev–Trinajstić information content (AvgIpc) is 2.07. The molecular formula is C8H9NO3. The van der Waals surface area contributed by atoms with Gasteiger partial charge in [0.05, 0.1) is 0 Å². The molecule has 0 fully saturated rings. The normalized spacial score (nSPS) is 12.4. The molecule has 0 aromatic heterocycles. The van der Waals surface area contributed by atoms with Crippen LogP contribution in [0.1, 0.15) is 11.6 Å². The number of hydrogen-bond acceptors (Lipinski definition) is 3. The van der Waals surface area contributed by atoms with E-state index in [0.717, 1.165) is 0 Å². The second-order valence-electron chi connectivity index (χ2n) is 2.39. The first-order valence-electron chi connectivity index (χ1n) is 3.55. The third kappa shape index (κ3) is 1.79. The van der Waals surface area contributed by atoms with Crippen LogP contribution in [0.25, 0.3) is 0 Å². The summed E-state index contributed by atoms with van der Waals surface area (Å²) in [5.41, 5.74) is 0.532. The number of aliphatic hydroxyl groups excluding tert-OH is 1. The van der Waals surface area contributed by atoms with Crippen molar-refractivity contribution in [1.29, 1.82) is 0 Å². The van der Waals surface area contributed by atoms with Gasteiger partial charge in [0.1, 0.15) is 6.61 Å². The molecular weight excluding hydrogens is 158 g/mol. The summed E-state index contributed by atoms with van der Waals surface area (Å²) in [6.45, 7) is -0.461. The van der Waals surface area contributed by atoms with E-state index in [9.17, 15) is 10.1 Å². The van der Waals surface area contributed by atoms with Crippen molar-refractivity contribution in [3.63, 3.8) is 0 Å². The first-order valence-corrected chi connectivity index (χ1v) is 3.55. The summed E-state index contributed by atoms with van der Waals surface area (Å²) in [7, 11) is 0. The van der Waals surface area contributed by atoms with Crippen molar-refractivity contribution in [2.75, 3.05) is 6.61 Å². The standard InChI is InChI=1S/C8H9NO3/c10-6-8(9(11)12)7-4-2-1-3-5-7/h1-5,8,10H,6H2. The van der Waals surface area contributed by atoms with Crippen LogP contribution in [0.3, 0.4) is 0 Å². The Labute approximate surface area is 69.6 Å². The van der Waals surface area contributed by atoms with Gasteiger partial charge in [-0.3, -0.25) is 10.1 Å². The van der Waals surface area contributed by atoms with Crippen LogP contribution in [-0.4, -0.2) is 16.6 Å². The Balaban J connectivity index is 2.88. The fraction of sp³-hybridized carbons (Fsp3) is 0.250. The second-order valence-corrected chi connectivity index (χ2v) is 2.39. The molecule has 0 spiro atoms. The average molecular weight is 167 g/mol. The van der Waals surface area contributed by atoms with Gasteiger partial charge in [0.25, 0.3) is 6.04 Å². The van der Waals surface area contributed by atoms with Crippen molar-refractivity contribution in [3.8, 4) is 0 Å². The summed E-state index contributed by atoms with van der Waals surface area (Å²) >= 11 is 0. The Hall–Kier alpha value is -1.42. The molecule has 0 heterocycles. The Bertz CT molecular complexity index is 260. The highest BCUT2D eigenvalue weighted by atomic mass is 16.6. The van der Waals surface area contributed by atoms with Gasteiger partial charge < -0.3 is 5.11 Å². The van der Waals surface area contributed by atoms with E-state index in [1.807, 2.05) is 0 Å². The van der Waals surface area contributed by atoms with Gasteiger partial charge in [0.15, 0.2) is 0 Å². The molecule has 1 aromatic rings. The third-order valence-electron chi connectivity index (χ3n) is 1.61. The monoisotopic (exact) mass is 167 g/mol. The van der Waals surface area contributed by atoms with Crippen LogP contribution in [0.2, 0.25) is 0 Å². The van der Waals surface area contributed by atoms with Crippen molar-refractivity contribution in [1.82, 2.24) is 0 Å². The molecule has 1 atom stereocenters. The zero-order valence-electron chi connectivity index (χ0n) is 6.38. The first-order chi connectivity index (χ1) is 5.75. The van der Waals surface area contributed by atoms with Crippen LogP contribution in [0.15, 0.2) is 30.3 Å². The minimum Gasteiger partial charge on any atom is -0.389 e. The Kier molecular flexibility index (Phi) is 2.76. The molecule has 0 aliphatic rings. The molecule has 0 aliphatic heterocycles. The van der Waals surface area contributed by atoms with Crippen LogP contribution in [-0.2, 0) is 0 Å². The van der Waals surface area contributed by atoms with Crippen LogP contribution in [0.4, 0.5) is 0 Å². The summed E-state index contributed by atoms with van der Waals surface area (Å²) in [5, 5.41) is 19.1. The molecule has 64 valence electrons. The number of rotatable bonds is 3. The zero-order valence-corrected chi connectivity index (χ0v) is 6.38. The highest BCUT2D eigenvalue weighted by molar-refractivity contribution is 5.17. The number of nitro groups is 1. The quantitative estimate of drug-likeness (QED) is 0.539. The molecule has 0 bridgehead atoms. The lowest BCUT2D eigenvalue weighted by Crippen LogP contribution is -2.14. The van der Waals surface area contributed by atoms with Crippen molar-refractivity contribution in [2.45, 2.75) is 6.04 Å². The van der Waals surface area contributed by atoms with E-state index >= 15 is 0 Å². The topological polar surface area (TPSA) is 63.4 Å². The Morgan fingerprint density at radius 1 is 1.42 bits per heavy atom. The number of nitrogens with zero attached hydrogens (tertiary/aromatic N) is 1. The summed E-state index contributed by atoms with van der Waals surface area (Å²) < 4.78 is 0. The molecule has 12 heavy (non-hydrogen) atoms. The van der Waals surface area contributed by atoms with Crippen molar-refractivity contribution < 1.29 is 10.0 Å². The van der Waals surface area contributed by atoms with Gasteiger partial charge in [-0.15, -0.1) is 0 Å². The zero-order chi connectivity index (χ0) is 8.97. The Morgan fingerprint density at radius 2 is 2.00 bits per heavy atom. The lowest BCUT2D eigenvalue weighted by Gasteiger charge is -2.04. The minimum atomic E-state index is -0.994. The smallest absolute Gasteiger partial charge is 0.260 e. The summed E-state index contributed by atoms with van der Waals surface area (Å²) in [4.78, 5) is 9.89. The van der Waals surface area contributed by atoms with Crippen LogP contribution < -0.4 is 0 Å². The minimum absolute atomic E-state index is 0.461. The predicted octanol–water partition coefficient (Wildman–Crippen LogP) is 0.997. The van der Waals surface area contributed by atoms with E-state index in [4.69, 9.17) is 5.11 Å². The summed E-state index contributed by atoms with van der Waals surface area (Å²) in [5.74, 6) is 0. The molecule has 1 aromatic carbocycles. The number of aliphatic hydroxyl groups is 1. The van der Waals surface area contributed by atoms with Crippen LogP contribution in [0.5, 0.6) is 0 Å². The lowest BCUT2D eigenvalue weighted by atomic mass is 10.1. The van der Waals surface area contributed by atoms with E-state index < -0.39 is 17.6 Å². The molecule has 4 heteroatoms. The summed E-state index contributed by atoms with van der Waals surface area (Å²) in [6, 6.07) is 7.46. The van der Waals surface area contributed by atoms with Gasteiger partial charge in [-0.05, 0) is 0 Å². The molecule has 0 saturated carbocycles. The van der Waals surface area contributed by atoms with E-state index in [0.29, 0.717) is 5.56 Å². The van der Waals surface area contributed by atoms with Crippen LogP contribution >= 0.6 is 0 Å². The SMILES string of the molecule is O=[N+]([O-])C(CO)c1ccccc1.